The number of amides is 1. The summed E-state index contributed by atoms with van der Waals surface area (Å²) in [6.07, 6.45) is -0.674. The van der Waals surface area contributed by atoms with Crippen molar-refractivity contribution in [2.24, 2.45) is 0 Å². The zero-order valence-electron chi connectivity index (χ0n) is 16.8. The van der Waals surface area contributed by atoms with Crippen molar-refractivity contribution in [3.8, 4) is 11.3 Å². The van der Waals surface area contributed by atoms with Crippen molar-refractivity contribution >= 4 is 16.8 Å². The number of fused-ring (bicyclic) bond motifs is 1. The van der Waals surface area contributed by atoms with Crippen LogP contribution in [-0.2, 0) is 23.9 Å². The van der Waals surface area contributed by atoms with Crippen LogP contribution in [0.1, 0.15) is 11.1 Å². The standard InChI is InChI=1S/C23H19F3N4O2/c24-23(25,26)17-7-5-15(6-8-17)20-11-22(32)30(14-29-20)13-21(31)27-10-9-16-12-28-19-4-2-1-3-18(16)19/h1-8,11-12,14,28H,9-10,13H2,(H,27,31). The van der Waals surface area contributed by atoms with Crippen LogP contribution in [0, 0.1) is 0 Å². The lowest BCUT2D eigenvalue weighted by Crippen LogP contribution is -2.33. The SMILES string of the molecule is O=C(Cn1cnc(-c2ccc(C(F)(F)F)cc2)cc1=O)NCCc1c[nH]c2ccccc12. The van der Waals surface area contributed by atoms with E-state index in [2.05, 4.69) is 15.3 Å². The lowest BCUT2D eigenvalue weighted by Gasteiger charge is -2.09. The Bertz CT molecular complexity index is 1310. The maximum absolute atomic E-state index is 12.7. The number of rotatable bonds is 6. The van der Waals surface area contributed by atoms with Gasteiger partial charge in [-0.2, -0.15) is 13.2 Å². The Morgan fingerprint density at radius 3 is 2.56 bits per heavy atom. The highest BCUT2D eigenvalue weighted by atomic mass is 19.4. The van der Waals surface area contributed by atoms with Crippen molar-refractivity contribution in [2.45, 2.75) is 19.1 Å². The molecule has 0 fully saturated rings. The quantitative estimate of drug-likeness (QED) is 0.479. The highest BCUT2D eigenvalue weighted by molar-refractivity contribution is 5.83. The normalized spacial score (nSPS) is 11.6. The smallest absolute Gasteiger partial charge is 0.361 e. The van der Waals surface area contributed by atoms with Gasteiger partial charge in [0.25, 0.3) is 5.56 Å². The third-order valence-electron chi connectivity index (χ3n) is 5.09. The first kappa shape index (κ1) is 21.4. The summed E-state index contributed by atoms with van der Waals surface area (Å²) in [4.78, 5) is 31.9. The minimum absolute atomic E-state index is 0.201. The van der Waals surface area contributed by atoms with Gasteiger partial charge in [0.15, 0.2) is 0 Å². The highest BCUT2D eigenvalue weighted by Crippen LogP contribution is 2.30. The first-order chi connectivity index (χ1) is 15.3. The Kier molecular flexibility index (Phi) is 5.81. The molecule has 1 amide bonds. The third-order valence-corrected chi connectivity index (χ3v) is 5.09. The Balaban J connectivity index is 1.36. The van der Waals surface area contributed by atoms with Gasteiger partial charge >= 0.3 is 6.18 Å². The van der Waals surface area contributed by atoms with Gasteiger partial charge in [-0.3, -0.25) is 14.2 Å². The monoisotopic (exact) mass is 440 g/mol. The van der Waals surface area contributed by atoms with Crippen LogP contribution in [0.15, 0.2) is 71.9 Å². The van der Waals surface area contributed by atoms with Gasteiger partial charge in [0.1, 0.15) is 6.54 Å². The fraction of sp³-hybridized carbons (Fsp3) is 0.174. The lowest BCUT2D eigenvalue weighted by atomic mass is 10.1. The Hall–Kier alpha value is -3.88. The number of carbonyl (C=O) groups excluding carboxylic acids is 1. The molecule has 2 heterocycles. The fourth-order valence-electron chi connectivity index (χ4n) is 3.42. The molecule has 6 nitrogen and oxygen atoms in total. The first-order valence-electron chi connectivity index (χ1n) is 9.87. The minimum Gasteiger partial charge on any atom is -0.361 e. The summed E-state index contributed by atoms with van der Waals surface area (Å²) in [6.45, 7) is 0.208. The van der Waals surface area contributed by atoms with E-state index in [0.29, 0.717) is 18.5 Å². The summed E-state index contributed by atoms with van der Waals surface area (Å²) >= 11 is 0. The molecule has 0 aliphatic rings. The number of carbonyl (C=O) groups is 1. The first-order valence-corrected chi connectivity index (χ1v) is 9.87. The van der Waals surface area contributed by atoms with Gasteiger partial charge < -0.3 is 10.3 Å². The van der Waals surface area contributed by atoms with Crippen LogP contribution in [0.3, 0.4) is 0 Å². The Morgan fingerprint density at radius 1 is 1.09 bits per heavy atom. The van der Waals surface area contributed by atoms with E-state index in [0.717, 1.165) is 33.2 Å². The molecule has 0 bridgehead atoms. The summed E-state index contributed by atoms with van der Waals surface area (Å²) in [5.41, 5.74) is 1.48. The zero-order valence-corrected chi connectivity index (χ0v) is 16.8. The molecule has 0 spiro atoms. The average Bonchev–Trinajstić information content (AvgIpc) is 3.18. The molecule has 4 aromatic rings. The molecule has 164 valence electrons. The minimum atomic E-state index is -4.43. The summed E-state index contributed by atoms with van der Waals surface area (Å²) in [5, 5.41) is 3.88. The second-order valence-corrected chi connectivity index (χ2v) is 7.27. The molecule has 9 heteroatoms. The van der Waals surface area contributed by atoms with Gasteiger partial charge in [0, 0.05) is 35.3 Å². The fourth-order valence-corrected chi connectivity index (χ4v) is 3.42. The molecule has 2 aromatic heterocycles. The van der Waals surface area contributed by atoms with E-state index in [1.165, 1.54) is 24.5 Å². The van der Waals surface area contributed by atoms with Crippen molar-refractivity contribution < 1.29 is 18.0 Å². The number of nitrogens with zero attached hydrogens (tertiary/aromatic N) is 2. The van der Waals surface area contributed by atoms with Gasteiger partial charge in [0.2, 0.25) is 5.91 Å². The van der Waals surface area contributed by atoms with Crippen LogP contribution < -0.4 is 10.9 Å². The van der Waals surface area contributed by atoms with Crippen LogP contribution in [-0.4, -0.2) is 27.0 Å². The number of alkyl halides is 3. The molecular formula is C23H19F3N4O2. The van der Waals surface area contributed by atoms with Gasteiger partial charge in [-0.25, -0.2) is 4.98 Å². The van der Waals surface area contributed by atoms with Crippen LogP contribution >= 0.6 is 0 Å². The van der Waals surface area contributed by atoms with Crippen molar-refractivity contribution in [1.82, 2.24) is 19.9 Å². The molecule has 0 radical (unpaired) electrons. The number of aromatic nitrogens is 3. The number of hydrogen-bond acceptors (Lipinski definition) is 3. The number of H-pyrrole nitrogens is 1. The second-order valence-electron chi connectivity index (χ2n) is 7.27. The molecule has 0 saturated heterocycles. The molecule has 2 aromatic carbocycles. The number of benzene rings is 2. The summed E-state index contributed by atoms with van der Waals surface area (Å²) in [5.74, 6) is -0.337. The van der Waals surface area contributed by atoms with E-state index in [1.54, 1.807) is 0 Å². The number of aromatic amines is 1. The van der Waals surface area contributed by atoms with E-state index in [1.807, 2.05) is 30.5 Å². The third kappa shape index (κ3) is 4.72. The number of hydrogen-bond donors (Lipinski definition) is 2. The largest absolute Gasteiger partial charge is 0.416 e. The molecule has 0 saturated carbocycles. The average molecular weight is 440 g/mol. The van der Waals surface area contributed by atoms with Crippen molar-refractivity contribution in [3.63, 3.8) is 0 Å². The Labute approximate surface area is 180 Å². The summed E-state index contributed by atoms with van der Waals surface area (Å²) < 4.78 is 39.2. The van der Waals surface area contributed by atoms with Crippen molar-refractivity contribution in [2.75, 3.05) is 6.54 Å². The molecule has 0 aliphatic carbocycles. The maximum atomic E-state index is 12.7. The number of para-hydroxylation sites is 1. The summed E-state index contributed by atoms with van der Waals surface area (Å²) in [6, 6.07) is 13.5. The van der Waals surface area contributed by atoms with Gasteiger partial charge in [-0.05, 0) is 30.2 Å². The van der Waals surface area contributed by atoms with Crippen molar-refractivity contribution in [3.05, 3.63) is 88.6 Å². The van der Waals surface area contributed by atoms with Gasteiger partial charge in [-0.1, -0.05) is 30.3 Å². The molecule has 4 rings (SSSR count). The Morgan fingerprint density at radius 2 is 1.84 bits per heavy atom. The highest BCUT2D eigenvalue weighted by Gasteiger charge is 2.30. The van der Waals surface area contributed by atoms with Gasteiger partial charge in [0.05, 0.1) is 17.6 Å². The lowest BCUT2D eigenvalue weighted by molar-refractivity contribution is -0.137. The predicted octanol–water partition coefficient (Wildman–Crippen LogP) is 3.77. The van der Waals surface area contributed by atoms with Crippen LogP contribution in [0.2, 0.25) is 0 Å². The van der Waals surface area contributed by atoms with E-state index >= 15 is 0 Å². The molecule has 0 atom stereocenters. The van der Waals surface area contributed by atoms with Gasteiger partial charge in [-0.15, -0.1) is 0 Å². The predicted molar refractivity (Wildman–Crippen MR) is 114 cm³/mol. The number of nitrogens with one attached hydrogen (secondary N) is 2. The summed E-state index contributed by atoms with van der Waals surface area (Å²) in [7, 11) is 0. The molecule has 0 aliphatic heterocycles. The van der Waals surface area contributed by atoms with Crippen LogP contribution in [0.25, 0.3) is 22.2 Å². The molecular weight excluding hydrogens is 421 g/mol. The second kappa shape index (κ2) is 8.70. The van der Waals surface area contributed by atoms with E-state index < -0.39 is 17.3 Å². The zero-order chi connectivity index (χ0) is 22.7. The van der Waals surface area contributed by atoms with E-state index in [-0.39, 0.29) is 18.1 Å². The molecule has 2 N–H and O–H groups in total. The van der Waals surface area contributed by atoms with Crippen molar-refractivity contribution in [1.29, 1.82) is 0 Å². The molecule has 32 heavy (non-hydrogen) atoms. The van der Waals surface area contributed by atoms with Crippen LogP contribution in [0.4, 0.5) is 13.2 Å². The van der Waals surface area contributed by atoms with E-state index in [4.69, 9.17) is 0 Å². The number of halogens is 3. The van der Waals surface area contributed by atoms with E-state index in [9.17, 15) is 22.8 Å². The maximum Gasteiger partial charge on any atom is 0.416 e. The van der Waals surface area contributed by atoms with Crippen LogP contribution in [0.5, 0.6) is 0 Å². The molecule has 0 unspecified atom stereocenters. The topological polar surface area (TPSA) is 79.8 Å².